The summed E-state index contributed by atoms with van der Waals surface area (Å²) in [6, 6.07) is 8.77. The fraction of sp³-hybridized carbons (Fsp3) is 0.500. The molecule has 1 rings (SSSR count). The van der Waals surface area contributed by atoms with Crippen LogP contribution in [0.25, 0.3) is 0 Å². The molecular weight excluding hydrogens is 278 g/mol. The van der Waals surface area contributed by atoms with Crippen LogP contribution in [0.1, 0.15) is 0 Å². The highest BCUT2D eigenvalue weighted by Crippen LogP contribution is 2.19. The average molecular weight is 308 g/mol. The van der Waals surface area contributed by atoms with Crippen molar-refractivity contribution >= 4 is 27.3 Å². The minimum atomic E-state index is -1.89. The van der Waals surface area contributed by atoms with Gasteiger partial charge in [0.05, 0.1) is 13.8 Å². The molecule has 0 bridgehead atoms. The number of hydrogen-bond donors (Lipinski definition) is 0. The van der Waals surface area contributed by atoms with E-state index in [0.717, 1.165) is 0 Å². The maximum absolute atomic E-state index is 6.51. The van der Waals surface area contributed by atoms with E-state index in [4.69, 9.17) is 4.43 Å². The Balaban J connectivity index is 2.95. The first-order valence-corrected chi connectivity index (χ1v) is 13.6. The van der Waals surface area contributed by atoms with E-state index < -0.39 is 16.4 Å². The predicted octanol–water partition coefficient (Wildman–Crippen LogP) is 3.61. The number of anilines is 1. The minimum absolute atomic E-state index is 0.220. The molecule has 1 aromatic carbocycles. The molecule has 1 unspecified atom stereocenters. The van der Waals surface area contributed by atoms with E-state index in [0.29, 0.717) is 0 Å². The molecule has 2 nitrogen and oxygen atoms in total. The highest BCUT2D eigenvalue weighted by Gasteiger charge is 2.34. The molecule has 0 amide bonds. The van der Waals surface area contributed by atoms with Crippen molar-refractivity contribution in [2.75, 3.05) is 19.0 Å². The van der Waals surface area contributed by atoms with Crippen LogP contribution < -0.4 is 10.1 Å². The lowest BCUT2D eigenvalue weighted by Gasteiger charge is -2.34. The van der Waals surface area contributed by atoms with Gasteiger partial charge in [0, 0.05) is 19.8 Å². The molecule has 4 heteroatoms. The van der Waals surface area contributed by atoms with Crippen LogP contribution in [-0.2, 0) is 4.43 Å². The molecule has 0 heterocycles. The van der Waals surface area contributed by atoms with Crippen LogP contribution in [-0.4, -0.2) is 36.2 Å². The molecular formula is C16H29NOSi2. The van der Waals surface area contributed by atoms with Crippen molar-refractivity contribution < 1.29 is 4.43 Å². The van der Waals surface area contributed by atoms with Gasteiger partial charge in [-0.25, -0.2) is 0 Å². The molecule has 0 spiro atoms. The van der Waals surface area contributed by atoms with Crippen LogP contribution in [0.4, 0.5) is 5.69 Å². The second-order valence-corrected chi connectivity index (χ2v) is 16.2. The van der Waals surface area contributed by atoms with E-state index in [1.807, 2.05) is 6.08 Å². The maximum atomic E-state index is 6.51. The van der Waals surface area contributed by atoms with Crippen LogP contribution in [0, 0.1) is 0 Å². The van der Waals surface area contributed by atoms with Gasteiger partial charge in [-0.2, -0.15) is 0 Å². The van der Waals surface area contributed by atoms with Crippen molar-refractivity contribution in [3.8, 4) is 0 Å². The fourth-order valence-corrected chi connectivity index (χ4v) is 6.97. The first-order valence-electron chi connectivity index (χ1n) is 7.16. The third-order valence-corrected chi connectivity index (χ3v) is 8.43. The lowest BCUT2D eigenvalue weighted by atomic mass is 10.3. The van der Waals surface area contributed by atoms with E-state index in [2.05, 4.69) is 82.6 Å². The second-order valence-electron chi connectivity index (χ2n) is 7.09. The van der Waals surface area contributed by atoms with Gasteiger partial charge in [-0.15, -0.1) is 6.58 Å². The summed E-state index contributed by atoms with van der Waals surface area (Å²) in [6.07, 6.45) is 2.00. The second kappa shape index (κ2) is 6.28. The summed E-state index contributed by atoms with van der Waals surface area (Å²) in [5, 5.41) is 1.34. The van der Waals surface area contributed by atoms with Gasteiger partial charge in [0.15, 0.2) is 0 Å². The summed E-state index contributed by atoms with van der Waals surface area (Å²) in [4.78, 5) is 2.12. The number of rotatable bonds is 6. The quantitative estimate of drug-likeness (QED) is 0.588. The molecule has 1 aromatic rings. The average Bonchev–Trinajstić information content (AvgIpc) is 2.34. The molecule has 0 aliphatic carbocycles. The molecule has 0 aliphatic rings. The molecule has 0 N–H and O–H groups in total. The van der Waals surface area contributed by atoms with Crippen LogP contribution in [0.2, 0.25) is 32.7 Å². The molecule has 0 fully saturated rings. The SMILES string of the molecule is C=CC(O[Si](C)(C)c1ccc(N(C)C)cc1)[Si](C)(C)C. The molecule has 0 aromatic heterocycles. The van der Waals surface area contributed by atoms with E-state index in [1.54, 1.807) is 0 Å². The molecule has 0 saturated carbocycles. The van der Waals surface area contributed by atoms with Crippen molar-refractivity contribution in [3.05, 3.63) is 36.9 Å². The normalized spacial score (nSPS) is 13.9. The lowest BCUT2D eigenvalue weighted by Crippen LogP contribution is -2.52. The Morgan fingerprint density at radius 2 is 1.55 bits per heavy atom. The highest BCUT2D eigenvalue weighted by atomic mass is 28.4. The zero-order valence-corrected chi connectivity index (χ0v) is 16.0. The number of hydrogen-bond acceptors (Lipinski definition) is 2. The van der Waals surface area contributed by atoms with Crippen molar-refractivity contribution in [1.29, 1.82) is 0 Å². The van der Waals surface area contributed by atoms with E-state index in [9.17, 15) is 0 Å². The zero-order chi connectivity index (χ0) is 15.6. The first-order chi connectivity index (χ1) is 9.08. The van der Waals surface area contributed by atoms with Gasteiger partial charge in [0.1, 0.15) is 0 Å². The summed E-state index contributed by atoms with van der Waals surface area (Å²) in [5.74, 6) is 0. The molecule has 112 valence electrons. The summed E-state index contributed by atoms with van der Waals surface area (Å²) in [5.41, 5.74) is 1.45. The summed E-state index contributed by atoms with van der Waals surface area (Å²) in [7, 11) is 0.867. The van der Waals surface area contributed by atoms with Gasteiger partial charge in [-0.3, -0.25) is 0 Å². The topological polar surface area (TPSA) is 12.5 Å². The summed E-state index contributed by atoms with van der Waals surface area (Å²) in [6.45, 7) is 15.5. The Morgan fingerprint density at radius 3 is 1.90 bits per heavy atom. The van der Waals surface area contributed by atoms with E-state index in [1.165, 1.54) is 10.9 Å². The zero-order valence-electron chi connectivity index (χ0n) is 14.0. The van der Waals surface area contributed by atoms with Crippen LogP contribution in [0.15, 0.2) is 36.9 Å². The van der Waals surface area contributed by atoms with Crippen LogP contribution >= 0.6 is 0 Å². The van der Waals surface area contributed by atoms with Gasteiger partial charge in [-0.05, 0) is 30.4 Å². The Hall–Kier alpha value is -0.846. The molecule has 0 saturated heterocycles. The van der Waals surface area contributed by atoms with Gasteiger partial charge in [0.2, 0.25) is 8.32 Å². The monoisotopic (exact) mass is 307 g/mol. The lowest BCUT2D eigenvalue weighted by molar-refractivity contribution is 0.313. The fourth-order valence-electron chi connectivity index (χ4n) is 2.12. The van der Waals surface area contributed by atoms with Gasteiger partial charge in [-0.1, -0.05) is 37.8 Å². The predicted molar refractivity (Wildman–Crippen MR) is 96.3 cm³/mol. The Bertz CT molecular complexity index is 447. The van der Waals surface area contributed by atoms with Crippen LogP contribution in [0.3, 0.4) is 0 Å². The Morgan fingerprint density at radius 1 is 1.05 bits per heavy atom. The van der Waals surface area contributed by atoms with Gasteiger partial charge < -0.3 is 9.33 Å². The molecule has 20 heavy (non-hydrogen) atoms. The minimum Gasteiger partial charge on any atom is -0.409 e. The van der Waals surface area contributed by atoms with Gasteiger partial charge >= 0.3 is 0 Å². The smallest absolute Gasteiger partial charge is 0.218 e. The van der Waals surface area contributed by atoms with Crippen molar-refractivity contribution in [2.24, 2.45) is 0 Å². The van der Waals surface area contributed by atoms with Crippen LogP contribution in [0.5, 0.6) is 0 Å². The van der Waals surface area contributed by atoms with E-state index >= 15 is 0 Å². The summed E-state index contributed by atoms with van der Waals surface area (Å²) < 4.78 is 6.51. The molecule has 0 radical (unpaired) electrons. The third kappa shape index (κ3) is 4.33. The van der Waals surface area contributed by atoms with Gasteiger partial charge in [0.25, 0.3) is 0 Å². The molecule has 0 aliphatic heterocycles. The maximum Gasteiger partial charge on any atom is 0.218 e. The van der Waals surface area contributed by atoms with Crippen molar-refractivity contribution in [2.45, 2.75) is 38.5 Å². The standard InChI is InChI=1S/C16H29NOSi2/c1-9-16(19(4,5)6)18-20(7,8)15-12-10-14(11-13-15)17(2)3/h9-13,16H,1H2,2-8H3. The Labute approximate surface area is 126 Å². The highest BCUT2D eigenvalue weighted by molar-refractivity contribution is 6.86. The first kappa shape index (κ1) is 17.2. The van der Waals surface area contributed by atoms with E-state index in [-0.39, 0.29) is 5.73 Å². The largest absolute Gasteiger partial charge is 0.409 e. The molecule has 1 atom stereocenters. The number of nitrogens with zero attached hydrogens (tertiary/aromatic N) is 1. The van der Waals surface area contributed by atoms with Crippen molar-refractivity contribution in [1.82, 2.24) is 0 Å². The number of benzene rings is 1. The summed E-state index contributed by atoms with van der Waals surface area (Å²) >= 11 is 0. The van der Waals surface area contributed by atoms with Crippen molar-refractivity contribution in [3.63, 3.8) is 0 Å². The third-order valence-electron chi connectivity index (χ3n) is 3.57. The Kier molecular flexibility index (Phi) is 5.41.